The Bertz CT molecular complexity index is 1910. The Balaban J connectivity index is 1.34. The molecule has 48 heavy (non-hydrogen) atoms. The van der Waals surface area contributed by atoms with Gasteiger partial charge in [-0.3, -0.25) is 19.3 Å². The number of nitrogens with one attached hydrogen (secondary N) is 2. The SMILES string of the molecule is O=C(NCc1ccncc1)[C@H](Cc1ccccc1)N(Cc1ccc(Cl)cc1)C(=O)COc1ccc(S(=O)(=O)Nc2ccc(F)cc2)cc1. The van der Waals surface area contributed by atoms with E-state index in [2.05, 4.69) is 15.0 Å². The van der Waals surface area contributed by atoms with Crippen molar-refractivity contribution in [3.05, 3.63) is 155 Å². The first kappa shape index (κ1) is 34.1. The Labute approximate surface area is 283 Å². The minimum absolute atomic E-state index is 0.0522. The van der Waals surface area contributed by atoms with E-state index in [4.69, 9.17) is 16.3 Å². The molecule has 12 heteroatoms. The zero-order valence-corrected chi connectivity index (χ0v) is 27.2. The van der Waals surface area contributed by atoms with Crippen LogP contribution in [0.1, 0.15) is 16.7 Å². The maximum atomic E-state index is 13.9. The van der Waals surface area contributed by atoms with E-state index in [0.29, 0.717) is 5.02 Å². The van der Waals surface area contributed by atoms with Crippen LogP contribution < -0.4 is 14.8 Å². The summed E-state index contributed by atoms with van der Waals surface area (Å²) in [6.07, 6.45) is 3.53. The number of benzene rings is 4. The Morgan fingerprint density at radius 1 is 0.812 bits per heavy atom. The van der Waals surface area contributed by atoms with Crippen LogP contribution in [0.3, 0.4) is 0 Å². The smallest absolute Gasteiger partial charge is 0.261 e. The lowest BCUT2D eigenvalue weighted by Gasteiger charge is -2.31. The summed E-state index contributed by atoms with van der Waals surface area (Å²) < 4.78 is 47.1. The summed E-state index contributed by atoms with van der Waals surface area (Å²) in [7, 11) is -3.96. The molecule has 1 atom stereocenters. The number of rotatable bonds is 14. The fraction of sp³-hybridized carbons (Fsp3) is 0.139. The molecule has 0 radical (unpaired) electrons. The minimum Gasteiger partial charge on any atom is -0.484 e. The van der Waals surface area contributed by atoms with Crippen LogP contribution in [0.5, 0.6) is 5.75 Å². The maximum Gasteiger partial charge on any atom is 0.261 e. The van der Waals surface area contributed by atoms with E-state index in [0.717, 1.165) is 28.8 Å². The van der Waals surface area contributed by atoms with Crippen LogP contribution >= 0.6 is 11.6 Å². The highest BCUT2D eigenvalue weighted by Gasteiger charge is 2.31. The van der Waals surface area contributed by atoms with Gasteiger partial charge < -0.3 is 15.0 Å². The number of ether oxygens (including phenoxy) is 1. The van der Waals surface area contributed by atoms with Gasteiger partial charge in [-0.1, -0.05) is 54.1 Å². The van der Waals surface area contributed by atoms with Gasteiger partial charge >= 0.3 is 0 Å². The predicted octanol–water partition coefficient (Wildman–Crippen LogP) is 6.01. The van der Waals surface area contributed by atoms with Crippen molar-refractivity contribution in [1.82, 2.24) is 15.2 Å². The van der Waals surface area contributed by atoms with E-state index in [1.54, 1.807) is 48.8 Å². The topological polar surface area (TPSA) is 118 Å². The molecule has 0 saturated carbocycles. The first-order valence-corrected chi connectivity index (χ1v) is 16.8. The molecule has 0 aliphatic rings. The predicted molar refractivity (Wildman–Crippen MR) is 181 cm³/mol. The highest BCUT2D eigenvalue weighted by Crippen LogP contribution is 2.21. The second-order valence-electron chi connectivity index (χ2n) is 10.8. The van der Waals surface area contributed by atoms with Crippen LogP contribution in [-0.4, -0.2) is 42.8 Å². The average molecular weight is 687 g/mol. The monoisotopic (exact) mass is 686 g/mol. The summed E-state index contributed by atoms with van der Waals surface area (Å²) in [5, 5.41) is 3.50. The quantitative estimate of drug-likeness (QED) is 0.148. The van der Waals surface area contributed by atoms with E-state index in [1.807, 2.05) is 30.3 Å². The summed E-state index contributed by atoms with van der Waals surface area (Å²) in [6.45, 7) is -0.0698. The molecule has 2 N–H and O–H groups in total. The molecule has 5 aromatic rings. The number of sulfonamides is 1. The van der Waals surface area contributed by atoms with Gasteiger partial charge in [0.2, 0.25) is 5.91 Å². The van der Waals surface area contributed by atoms with Gasteiger partial charge in [0.1, 0.15) is 17.6 Å². The minimum atomic E-state index is -3.96. The van der Waals surface area contributed by atoms with Crippen molar-refractivity contribution in [2.45, 2.75) is 30.4 Å². The van der Waals surface area contributed by atoms with Gasteiger partial charge in [0.05, 0.1) is 4.90 Å². The molecular formula is C36H32ClFN4O5S. The molecular weight excluding hydrogens is 655 g/mol. The molecule has 246 valence electrons. The molecule has 1 heterocycles. The van der Waals surface area contributed by atoms with Crippen LogP contribution in [0, 0.1) is 5.82 Å². The van der Waals surface area contributed by atoms with E-state index in [-0.39, 0.29) is 41.7 Å². The maximum absolute atomic E-state index is 13.9. The lowest BCUT2D eigenvalue weighted by molar-refractivity contribution is -0.142. The zero-order valence-electron chi connectivity index (χ0n) is 25.6. The molecule has 5 rings (SSSR count). The molecule has 0 spiro atoms. The third-order valence-corrected chi connectivity index (χ3v) is 9.00. The lowest BCUT2D eigenvalue weighted by atomic mass is 10.0. The first-order chi connectivity index (χ1) is 23.2. The van der Waals surface area contributed by atoms with Crippen LogP contribution in [0.2, 0.25) is 5.02 Å². The molecule has 9 nitrogen and oxygen atoms in total. The van der Waals surface area contributed by atoms with Crippen molar-refractivity contribution in [3.63, 3.8) is 0 Å². The number of hydrogen-bond donors (Lipinski definition) is 2. The van der Waals surface area contributed by atoms with E-state index in [9.17, 15) is 22.4 Å². The summed E-state index contributed by atoms with van der Waals surface area (Å²) in [6, 6.07) is 29.6. The normalized spacial score (nSPS) is 11.7. The summed E-state index contributed by atoms with van der Waals surface area (Å²) in [5.74, 6) is -1.05. The van der Waals surface area contributed by atoms with E-state index >= 15 is 0 Å². The van der Waals surface area contributed by atoms with Gasteiger partial charge in [-0.2, -0.15) is 0 Å². The standard InChI is InChI=1S/C36H32ClFN4O5S/c37-29-8-6-28(7-9-29)24-42(34(22-26-4-2-1-3-5-26)36(44)40-23-27-18-20-39-21-19-27)35(43)25-47-32-14-16-33(17-15-32)48(45,46)41-31-12-10-30(38)11-13-31/h1-21,34,41H,22-25H2,(H,40,44)/t34-/m0/s1. The van der Waals surface area contributed by atoms with Crippen molar-refractivity contribution in [3.8, 4) is 5.75 Å². The van der Waals surface area contributed by atoms with E-state index < -0.39 is 34.4 Å². The molecule has 4 aromatic carbocycles. The number of halogens is 2. The van der Waals surface area contributed by atoms with E-state index in [1.165, 1.54) is 41.3 Å². The van der Waals surface area contributed by atoms with Gasteiger partial charge in [0.15, 0.2) is 6.61 Å². The Morgan fingerprint density at radius 2 is 1.48 bits per heavy atom. The fourth-order valence-electron chi connectivity index (χ4n) is 4.82. The number of aromatic nitrogens is 1. The van der Waals surface area contributed by atoms with Crippen LogP contribution in [0.15, 0.2) is 133 Å². The highest BCUT2D eigenvalue weighted by atomic mass is 35.5. The largest absolute Gasteiger partial charge is 0.484 e. The molecule has 2 amide bonds. The number of hydrogen-bond acceptors (Lipinski definition) is 6. The number of anilines is 1. The molecule has 0 aliphatic carbocycles. The number of nitrogens with zero attached hydrogens (tertiary/aromatic N) is 2. The molecule has 0 fully saturated rings. The van der Waals surface area contributed by atoms with Gasteiger partial charge in [-0.05, 0) is 89.5 Å². The van der Waals surface area contributed by atoms with Crippen molar-refractivity contribution >= 4 is 39.1 Å². The fourth-order valence-corrected chi connectivity index (χ4v) is 6.01. The first-order valence-electron chi connectivity index (χ1n) is 14.9. The second kappa shape index (κ2) is 16.0. The lowest BCUT2D eigenvalue weighted by Crippen LogP contribution is -2.51. The molecule has 0 aliphatic heterocycles. The number of carbonyl (C=O) groups excluding carboxylic acids is 2. The molecule has 1 aromatic heterocycles. The van der Waals surface area contributed by atoms with Crippen molar-refractivity contribution < 1.29 is 27.1 Å². The van der Waals surface area contributed by atoms with Gasteiger partial charge in [0.25, 0.3) is 15.9 Å². The van der Waals surface area contributed by atoms with Crippen LogP contribution in [0.4, 0.5) is 10.1 Å². The van der Waals surface area contributed by atoms with Crippen molar-refractivity contribution in [2.75, 3.05) is 11.3 Å². The highest BCUT2D eigenvalue weighted by molar-refractivity contribution is 7.92. The van der Waals surface area contributed by atoms with Crippen molar-refractivity contribution in [2.24, 2.45) is 0 Å². The summed E-state index contributed by atoms with van der Waals surface area (Å²) in [4.78, 5) is 33.1. The Morgan fingerprint density at radius 3 is 2.15 bits per heavy atom. The molecule has 0 unspecified atom stereocenters. The number of carbonyl (C=O) groups is 2. The van der Waals surface area contributed by atoms with Gasteiger partial charge in [-0.25, -0.2) is 12.8 Å². The Kier molecular flexibility index (Phi) is 11.4. The Hall–Kier alpha value is -5.26. The third kappa shape index (κ3) is 9.63. The zero-order chi connectivity index (χ0) is 33.9. The van der Waals surface area contributed by atoms with Gasteiger partial charge in [-0.15, -0.1) is 0 Å². The summed E-state index contributed by atoms with van der Waals surface area (Å²) in [5.41, 5.74) is 2.69. The third-order valence-electron chi connectivity index (χ3n) is 7.35. The summed E-state index contributed by atoms with van der Waals surface area (Å²) >= 11 is 6.11. The molecule has 0 bridgehead atoms. The van der Waals surface area contributed by atoms with Crippen LogP contribution in [-0.2, 0) is 39.1 Å². The number of pyridine rings is 1. The average Bonchev–Trinajstić information content (AvgIpc) is 3.10. The van der Waals surface area contributed by atoms with Crippen molar-refractivity contribution in [1.29, 1.82) is 0 Å². The molecule has 0 saturated heterocycles. The number of amides is 2. The van der Waals surface area contributed by atoms with Gasteiger partial charge in [0, 0.05) is 42.6 Å². The second-order valence-corrected chi connectivity index (χ2v) is 12.9. The van der Waals surface area contributed by atoms with Crippen LogP contribution in [0.25, 0.3) is 0 Å².